The lowest BCUT2D eigenvalue weighted by Gasteiger charge is -2.07. The van der Waals surface area contributed by atoms with Crippen LogP contribution in [0.2, 0.25) is 0 Å². The summed E-state index contributed by atoms with van der Waals surface area (Å²) < 4.78 is 2.74. The van der Waals surface area contributed by atoms with E-state index in [0.717, 1.165) is 33.7 Å². The molecule has 0 bridgehead atoms. The standard InChI is InChI=1S/C19H19BrN4O/c1-13-17(14(2)24(23-13)18-8-3-4-10-21-18)9-11-22-19(25)15-6-5-7-16(20)12-15/h3-8,10,12H,9,11H2,1-2H3,(H,22,25). The van der Waals surface area contributed by atoms with Crippen molar-refractivity contribution in [1.82, 2.24) is 20.1 Å². The Morgan fingerprint density at radius 1 is 1.20 bits per heavy atom. The number of carbonyl (C=O) groups excluding carboxylic acids is 1. The highest BCUT2D eigenvalue weighted by Gasteiger charge is 2.13. The Morgan fingerprint density at radius 3 is 2.76 bits per heavy atom. The third-order valence-corrected chi connectivity index (χ3v) is 4.55. The Kier molecular flexibility index (Phi) is 5.28. The van der Waals surface area contributed by atoms with Crippen LogP contribution in [0.4, 0.5) is 0 Å². The molecule has 2 aromatic heterocycles. The smallest absolute Gasteiger partial charge is 0.251 e. The van der Waals surface area contributed by atoms with Gasteiger partial charge in [0.2, 0.25) is 0 Å². The summed E-state index contributed by atoms with van der Waals surface area (Å²) in [5.41, 5.74) is 3.79. The summed E-state index contributed by atoms with van der Waals surface area (Å²) in [6.07, 6.45) is 2.48. The van der Waals surface area contributed by atoms with Crippen LogP contribution in [-0.4, -0.2) is 27.2 Å². The van der Waals surface area contributed by atoms with Gasteiger partial charge in [-0.3, -0.25) is 4.79 Å². The molecule has 0 spiro atoms. The monoisotopic (exact) mass is 398 g/mol. The van der Waals surface area contributed by atoms with Gasteiger partial charge in [-0.2, -0.15) is 5.10 Å². The van der Waals surface area contributed by atoms with Crippen molar-refractivity contribution in [2.75, 3.05) is 6.54 Å². The van der Waals surface area contributed by atoms with E-state index in [1.54, 1.807) is 12.3 Å². The van der Waals surface area contributed by atoms with Gasteiger partial charge in [0.05, 0.1) is 5.69 Å². The van der Waals surface area contributed by atoms with E-state index < -0.39 is 0 Å². The first-order valence-corrected chi connectivity index (χ1v) is 8.86. The zero-order valence-electron chi connectivity index (χ0n) is 14.2. The van der Waals surface area contributed by atoms with Crippen molar-refractivity contribution in [1.29, 1.82) is 0 Å². The first kappa shape index (κ1) is 17.4. The van der Waals surface area contributed by atoms with Gasteiger partial charge in [-0.25, -0.2) is 9.67 Å². The molecular weight excluding hydrogens is 380 g/mol. The van der Waals surface area contributed by atoms with Crippen LogP contribution in [0.1, 0.15) is 27.3 Å². The average molecular weight is 399 g/mol. The topological polar surface area (TPSA) is 59.8 Å². The molecule has 2 heterocycles. The molecule has 1 N–H and O–H groups in total. The minimum Gasteiger partial charge on any atom is -0.352 e. The molecule has 1 amide bonds. The van der Waals surface area contributed by atoms with Crippen LogP contribution >= 0.6 is 15.9 Å². The predicted molar refractivity (Wildman–Crippen MR) is 101 cm³/mol. The number of benzene rings is 1. The second kappa shape index (κ2) is 7.61. The molecule has 0 saturated carbocycles. The van der Waals surface area contributed by atoms with Gasteiger partial charge in [0, 0.05) is 28.5 Å². The maximum atomic E-state index is 12.2. The lowest BCUT2D eigenvalue weighted by atomic mass is 10.1. The van der Waals surface area contributed by atoms with Crippen molar-refractivity contribution in [2.45, 2.75) is 20.3 Å². The van der Waals surface area contributed by atoms with Crippen molar-refractivity contribution in [3.05, 3.63) is 75.6 Å². The molecule has 25 heavy (non-hydrogen) atoms. The van der Waals surface area contributed by atoms with E-state index in [4.69, 9.17) is 0 Å². The maximum Gasteiger partial charge on any atom is 0.251 e. The Labute approximate surface area is 155 Å². The van der Waals surface area contributed by atoms with Crippen LogP contribution in [0.5, 0.6) is 0 Å². The highest BCUT2D eigenvalue weighted by Crippen LogP contribution is 2.17. The van der Waals surface area contributed by atoms with Gasteiger partial charge in [-0.15, -0.1) is 0 Å². The maximum absolute atomic E-state index is 12.2. The van der Waals surface area contributed by atoms with E-state index in [0.29, 0.717) is 12.1 Å². The van der Waals surface area contributed by atoms with E-state index in [1.807, 2.05) is 54.9 Å². The SMILES string of the molecule is Cc1nn(-c2ccccn2)c(C)c1CCNC(=O)c1cccc(Br)c1. The molecule has 0 radical (unpaired) electrons. The Bertz CT molecular complexity index is 890. The fourth-order valence-electron chi connectivity index (χ4n) is 2.77. The number of nitrogens with one attached hydrogen (secondary N) is 1. The number of amides is 1. The molecule has 0 aliphatic carbocycles. The summed E-state index contributed by atoms with van der Waals surface area (Å²) >= 11 is 3.38. The second-order valence-corrected chi connectivity index (χ2v) is 6.68. The largest absolute Gasteiger partial charge is 0.352 e. The van der Waals surface area contributed by atoms with E-state index >= 15 is 0 Å². The van der Waals surface area contributed by atoms with Crippen LogP contribution in [0.3, 0.4) is 0 Å². The number of hydrogen-bond donors (Lipinski definition) is 1. The minimum atomic E-state index is -0.0753. The molecule has 0 aliphatic heterocycles. The normalized spacial score (nSPS) is 10.7. The number of rotatable bonds is 5. The van der Waals surface area contributed by atoms with E-state index in [9.17, 15) is 4.79 Å². The molecule has 0 fully saturated rings. The number of hydrogen-bond acceptors (Lipinski definition) is 3. The van der Waals surface area contributed by atoms with Crippen LogP contribution in [0, 0.1) is 13.8 Å². The van der Waals surface area contributed by atoms with Crippen molar-refractivity contribution in [3.8, 4) is 5.82 Å². The summed E-state index contributed by atoms with van der Waals surface area (Å²) in [6.45, 7) is 4.57. The third kappa shape index (κ3) is 3.96. The Hall–Kier alpha value is -2.47. The van der Waals surface area contributed by atoms with Crippen molar-refractivity contribution in [2.24, 2.45) is 0 Å². The number of pyridine rings is 1. The third-order valence-electron chi connectivity index (χ3n) is 4.05. The zero-order valence-corrected chi connectivity index (χ0v) is 15.7. The number of aryl methyl sites for hydroxylation is 1. The van der Waals surface area contributed by atoms with E-state index in [1.165, 1.54) is 0 Å². The number of halogens is 1. The summed E-state index contributed by atoms with van der Waals surface area (Å²) in [6, 6.07) is 13.1. The molecule has 6 heteroatoms. The quantitative estimate of drug-likeness (QED) is 0.713. The first-order chi connectivity index (χ1) is 12.1. The summed E-state index contributed by atoms with van der Waals surface area (Å²) in [5, 5.41) is 7.55. The van der Waals surface area contributed by atoms with Crippen LogP contribution in [0.25, 0.3) is 5.82 Å². The second-order valence-electron chi connectivity index (χ2n) is 5.77. The molecule has 3 aromatic rings. The van der Waals surface area contributed by atoms with E-state index in [-0.39, 0.29) is 5.91 Å². The predicted octanol–water partition coefficient (Wildman–Crippen LogP) is 3.62. The van der Waals surface area contributed by atoms with Crippen molar-refractivity contribution >= 4 is 21.8 Å². The first-order valence-electron chi connectivity index (χ1n) is 8.06. The molecule has 0 saturated heterocycles. The van der Waals surface area contributed by atoms with Crippen LogP contribution in [-0.2, 0) is 6.42 Å². The van der Waals surface area contributed by atoms with Gasteiger partial charge in [0.1, 0.15) is 0 Å². The average Bonchev–Trinajstić information content (AvgIpc) is 2.90. The van der Waals surface area contributed by atoms with Gasteiger partial charge in [0.15, 0.2) is 5.82 Å². The van der Waals surface area contributed by atoms with Crippen molar-refractivity contribution in [3.63, 3.8) is 0 Å². The van der Waals surface area contributed by atoms with Gasteiger partial charge in [-0.1, -0.05) is 28.1 Å². The molecule has 128 valence electrons. The van der Waals surface area contributed by atoms with Crippen LogP contribution < -0.4 is 5.32 Å². The fourth-order valence-corrected chi connectivity index (χ4v) is 3.17. The Morgan fingerprint density at radius 2 is 2.04 bits per heavy atom. The molecular formula is C19H19BrN4O. The summed E-state index contributed by atoms with van der Waals surface area (Å²) in [5.74, 6) is 0.723. The van der Waals surface area contributed by atoms with Gasteiger partial charge >= 0.3 is 0 Å². The highest BCUT2D eigenvalue weighted by atomic mass is 79.9. The molecule has 1 aromatic carbocycles. The zero-order chi connectivity index (χ0) is 17.8. The number of nitrogens with zero attached hydrogens (tertiary/aromatic N) is 3. The number of aromatic nitrogens is 3. The molecule has 0 unspecified atom stereocenters. The molecule has 0 aliphatic rings. The lowest BCUT2D eigenvalue weighted by molar-refractivity contribution is 0.0954. The summed E-state index contributed by atoms with van der Waals surface area (Å²) in [4.78, 5) is 16.6. The fraction of sp³-hybridized carbons (Fsp3) is 0.211. The van der Waals surface area contributed by atoms with Crippen LogP contribution in [0.15, 0.2) is 53.1 Å². The highest BCUT2D eigenvalue weighted by molar-refractivity contribution is 9.10. The number of carbonyl (C=O) groups is 1. The lowest BCUT2D eigenvalue weighted by Crippen LogP contribution is -2.25. The molecule has 5 nitrogen and oxygen atoms in total. The van der Waals surface area contributed by atoms with E-state index in [2.05, 4.69) is 31.3 Å². The van der Waals surface area contributed by atoms with Gasteiger partial charge in [-0.05, 0) is 56.2 Å². The van der Waals surface area contributed by atoms with Gasteiger partial charge in [0.25, 0.3) is 5.91 Å². The molecule has 3 rings (SSSR count). The minimum absolute atomic E-state index is 0.0753. The van der Waals surface area contributed by atoms with Crippen molar-refractivity contribution < 1.29 is 4.79 Å². The molecule has 0 atom stereocenters. The van der Waals surface area contributed by atoms with Gasteiger partial charge < -0.3 is 5.32 Å². The Balaban J connectivity index is 1.68. The summed E-state index contributed by atoms with van der Waals surface area (Å²) in [7, 11) is 0.